The topological polar surface area (TPSA) is 40.6 Å². The van der Waals surface area contributed by atoms with Crippen molar-refractivity contribution < 1.29 is 0 Å². The van der Waals surface area contributed by atoms with Gasteiger partial charge in [0.1, 0.15) is 0 Å². The van der Waals surface area contributed by atoms with Crippen LogP contribution in [0.5, 0.6) is 0 Å². The number of hydrogen-bond acceptors (Lipinski definition) is 3. The second-order valence-electron chi connectivity index (χ2n) is 13.5. The molecule has 0 atom stereocenters. The van der Waals surface area contributed by atoms with Crippen molar-refractivity contribution in [2.24, 2.45) is 0 Å². The third-order valence-electron chi connectivity index (χ3n) is 10.8. The molecular weight excluding hydrogens is 655 g/mol. The molecule has 242 valence electrons. The summed E-state index contributed by atoms with van der Waals surface area (Å²) in [4.78, 5) is 9.16. The summed E-state index contributed by atoms with van der Waals surface area (Å²) in [7, 11) is 0. The second kappa shape index (κ2) is 10.4. The van der Waals surface area contributed by atoms with Gasteiger partial charge in [0.2, 0.25) is 0 Å². The van der Waals surface area contributed by atoms with Gasteiger partial charge in [0, 0.05) is 77.8 Å². The molecule has 0 saturated heterocycles. The summed E-state index contributed by atoms with van der Waals surface area (Å²) in [6.07, 6.45) is 7.80. The number of fused-ring (bicyclic) bond motifs is 12. The Morgan fingerprint density at radius 1 is 0.365 bits per heavy atom. The molecule has 52 heavy (non-hydrogen) atoms. The van der Waals surface area contributed by atoms with Crippen LogP contribution in [-0.2, 0) is 0 Å². The summed E-state index contributed by atoms with van der Waals surface area (Å²) in [6.45, 7) is 0. The van der Waals surface area contributed by atoms with Gasteiger partial charge in [0.05, 0.1) is 49.7 Å². The lowest BCUT2D eigenvalue weighted by Crippen LogP contribution is -1.97. The van der Waals surface area contributed by atoms with Gasteiger partial charge < -0.3 is 13.7 Å². The number of thiophene rings is 1. The Bertz CT molecular complexity index is 3380. The van der Waals surface area contributed by atoms with Crippen molar-refractivity contribution in [3.63, 3.8) is 0 Å². The van der Waals surface area contributed by atoms with Crippen LogP contribution >= 0.6 is 11.3 Å². The van der Waals surface area contributed by atoms with Crippen molar-refractivity contribution in [1.29, 1.82) is 0 Å². The highest BCUT2D eigenvalue weighted by Crippen LogP contribution is 2.42. The first-order valence-corrected chi connectivity index (χ1v) is 18.3. The molecule has 6 heteroatoms. The Labute approximate surface area is 300 Å². The summed E-state index contributed by atoms with van der Waals surface area (Å²) < 4.78 is 9.64. The predicted molar refractivity (Wildman–Crippen MR) is 218 cm³/mol. The number of nitrogens with zero attached hydrogens (tertiary/aromatic N) is 5. The third-order valence-corrected chi connectivity index (χ3v) is 12.0. The Morgan fingerprint density at radius 3 is 1.40 bits per heavy atom. The average Bonchev–Trinajstić information content (AvgIpc) is 3.94. The molecule has 0 amide bonds. The maximum atomic E-state index is 4.74. The van der Waals surface area contributed by atoms with E-state index in [0.717, 1.165) is 38.9 Å². The largest absolute Gasteiger partial charge is 0.309 e. The Morgan fingerprint density at radius 2 is 0.827 bits per heavy atom. The number of hydrogen-bond donors (Lipinski definition) is 0. The molecule has 0 unspecified atom stereocenters. The van der Waals surface area contributed by atoms with Crippen LogP contribution in [0.4, 0.5) is 0 Å². The summed E-state index contributed by atoms with van der Waals surface area (Å²) >= 11 is 1.80. The highest BCUT2D eigenvalue weighted by atomic mass is 32.1. The highest BCUT2D eigenvalue weighted by Gasteiger charge is 2.20. The van der Waals surface area contributed by atoms with Gasteiger partial charge in [-0.15, -0.1) is 11.3 Å². The van der Waals surface area contributed by atoms with Crippen molar-refractivity contribution in [1.82, 2.24) is 23.7 Å². The van der Waals surface area contributed by atoms with E-state index < -0.39 is 0 Å². The fourth-order valence-electron chi connectivity index (χ4n) is 8.62. The van der Waals surface area contributed by atoms with Gasteiger partial charge in [-0.25, -0.2) is 0 Å². The summed E-state index contributed by atoms with van der Waals surface area (Å²) in [6, 6.07) is 50.9. The lowest BCUT2D eigenvalue weighted by molar-refractivity contribution is 1.16. The Balaban J connectivity index is 1.10. The molecule has 6 heterocycles. The molecule has 12 aromatic rings. The second-order valence-corrected chi connectivity index (χ2v) is 14.5. The molecule has 0 N–H and O–H groups in total. The predicted octanol–water partition coefficient (Wildman–Crippen LogP) is 12.1. The van der Waals surface area contributed by atoms with Crippen LogP contribution in [0.15, 0.2) is 164 Å². The molecule has 0 aliphatic carbocycles. The van der Waals surface area contributed by atoms with Crippen molar-refractivity contribution >= 4 is 96.9 Å². The van der Waals surface area contributed by atoms with Gasteiger partial charge in [0.15, 0.2) is 0 Å². The van der Waals surface area contributed by atoms with Crippen LogP contribution in [0.25, 0.3) is 103 Å². The Kier molecular flexibility index (Phi) is 5.59. The minimum atomic E-state index is 1.09. The molecule has 0 bridgehead atoms. The van der Waals surface area contributed by atoms with E-state index in [0.29, 0.717) is 0 Å². The summed E-state index contributed by atoms with van der Waals surface area (Å²) in [5, 5.41) is 9.71. The minimum absolute atomic E-state index is 1.09. The number of rotatable bonds is 3. The summed E-state index contributed by atoms with van der Waals surface area (Å²) in [5.74, 6) is 0. The van der Waals surface area contributed by atoms with Gasteiger partial charge in [0.25, 0.3) is 0 Å². The van der Waals surface area contributed by atoms with E-state index in [1.54, 1.807) is 11.3 Å². The molecule has 0 aliphatic rings. The smallest absolute Gasteiger partial charge is 0.0825 e. The SMILES string of the molecule is c1ccc2c(c1)c1ccccc1n2-c1ccc2c(c1)c1ccccc1n2-c1ccc2c(c1)c1ccccc1n2-c1cncc2c1sc1ccncc12. The van der Waals surface area contributed by atoms with E-state index in [4.69, 9.17) is 4.98 Å². The van der Waals surface area contributed by atoms with Gasteiger partial charge in [-0.3, -0.25) is 9.97 Å². The molecule has 0 spiro atoms. The molecule has 6 aromatic heterocycles. The molecule has 6 aromatic carbocycles. The van der Waals surface area contributed by atoms with E-state index in [9.17, 15) is 0 Å². The van der Waals surface area contributed by atoms with Crippen LogP contribution in [-0.4, -0.2) is 23.7 Å². The zero-order valence-corrected chi connectivity index (χ0v) is 28.5. The average molecular weight is 682 g/mol. The maximum Gasteiger partial charge on any atom is 0.0825 e. The van der Waals surface area contributed by atoms with Crippen LogP contribution in [0.1, 0.15) is 0 Å². The first kappa shape index (κ1) is 28.0. The van der Waals surface area contributed by atoms with Crippen molar-refractivity contribution in [2.75, 3.05) is 0 Å². The Hall–Kier alpha value is -6.76. The molecule has 12 rings (SSSR count). The third kappa shape index (κ3) is 3.71. The summed E-state index contributed by atoms with van der Waals surface area (Å²) in [5.41, 5.74) is 10.5. The lowest BCUT2D eigenvalue weighted by Gasteiger charge is -2.11. The van der Waals surface area contributed by atoms with Gasteiger partial charge in [-0.1, -0.05) is 72.8 Å². The van der Waals surface area contributed by atoms with Crippen molar-refractivity contribution in [2.45, 2.75) is 0 Å². The quantitative estimate of drug-likeness (QED) is 0.186. The normalized spacial score (nSPS) is 12.2. The van der Waals surface area contributed by atoms with E-state index in [1.807, 2.05) is 24.8 Å². The molecular formula is C46H27N5S. The maximum absolute atomic E-state index is 4.74. The number of pyridine rings is 2. The molecule has 5 nitrogen and oxygen atoms in total. The van der Waals surface area contributed by atoms with Crippen molar-refractivity contribution in [3.8, 4) is 17.1 Å². The fourth-order valence-corrected chi connectivity index (χ4v) is 9.76. The highest BCUT2D eigenvalue weighted by molar-refractivity contribution is 7.26. The van der Waals surface area contributed by atoms with Gasteiger partial charge >= 0.3 is 0 Å². The molecule has 0 saturated carbocycles. The minimum Gasteiger partial charge on any atom is -0.309 e. The van der Waals surface area contributed by atoms with Crippen LogP contribution < -0.4 is 0 Å². The van der Waals surface area contributed by atoms with E-state index in [1.165, 1.54) is 63.8 Å². The van der Waals surface area contributed by atoms with Crippen molar-refractivity contribution in [3.05, 3.63) is 164 Å². The molecule has 0 fully saturated rings. The van der Waals surface area contributed by atoms with Crippen LogP contribution in [0.2, 0.25) is 0 Å². The first-order chi connectivity index (χ1) is 25.8. The van der Waals surface area contributed by atoms with Gasteiger partial charge in [-0.05, 0) is 66.7 Å². The first-order valence-electron chi connectivity index (χ1n) is 17.5. The lowest BCUT2D eigenvalue weighted by atomic mass is 10.1. The number of para-hydroxylation sites is 4. The van der Waals surface area contributed by atoms with E-state index in [2.05, 4.69) is 158 Å². The van der Waals surface area contributed by atoms with Gasteiger partial charge in [-0.2, -0.15) is 0 Å². The zero-order valence-electron chi connectivity index (χ0n) is 27.7. The monoisotopic (exact) mass is 681 g/mol. The molecule has 0 radical (unpaired) electrons. The van der Waals surface area contributed by atoms with Crippen LogP contribution in [0.3, 0.4) is 0 Å². The number of benzene rings is 6. The van der Waals surface area contributed by atoms with E-state index in [-0.39, 0.29) is 0 Å². The van der Waals surface area contributed by atoms with E-state index >= 15 is 0 Å². The fraction of sp³-hybridized carbons (Fsp3) is 0. The standard InChI is InChI=1S/C46H27N5S/c1-5-13-38-30(9-1)31-10-2-6-14-39(31)49(38)28-17-19-42-34(23-28)32-11-3-7-15-40(32)50(42)29-18-20-43-35(24-29)33-12-4-8-16-41(33)51(43)44-27-48-26-37-36-25-47-22-21-45(36)52-46(37)44/h1-27H. The van der Waals surface area contributed by atoms with Crippen LogP contribution in [0, 0.1) is 0 Å². The molecule has 0 aliphatic heterocycles. The zero-order chi connectivity index (χ0) is 33.9. The number of aromatic nitrogens is 5.